The number of hydrogen-bond donors (Lipinski definition) is 1. The summed E-state index contributed by atoms with van der Waals surface area (Å²) in [6.45, 7) is 8.04. The Balaban J connectivity index is 1.81. The maximum atomic E-state index is 12.3. The number of benzene rings is 1. The lowest BCUT2D eigenvalue weighted by molar-refractivity contribution is -0.141. The summed E-state index contributed by atoms with van der Waals surface area (Å²) >= 11 is 0. The van der Waals surface area contributed by atoms with Gasteiger partial charge in [0.2, 0.25) is 5.91 Å². The first-order valence-corrected chi connectivity index (χ1v) is 8.36. The van der Waals surface area contributed by atoms with Crippen LogP contribution in [0.5, 0.6) is 0 Å². The Morgan fingerprint density at radius 2 is 1.71 bits per heavy atom. The van der Waals surface area contributed by atoms with Crippen molar-refractivity contribution in [2.24, 2.45) is 0 Å². The van der Waals surface area contributed by atoms with Gasteiger partial charge in [0.05, 0.1) is 20.2 Å². The molecule has 1 aliphatic rings. The largest absolute Gasteiger partial charge is 0.468 e. The molecule has 1 heterocycles. The van der Waals surface area contributed by atoms with Crippen LogP contribution in [0, 0.1) is 13.8 Å². The molecule has 1 fully saturated rings. The van der Waals surface area contributed by atoms with E-state index < -0.39 is 0 Å². The van der Waals surface area contributed by atoms with Gasteiger partial charge in [-0.3, -0.25) is 19.4 Å². The van der Waals surface area contributed by atoms with Gasteiger partial charge in [-0.2, -0.15) is 0 Å². The average molecular weight is 333 g/mol. The lowest BCUT2D eigenvalue weighted by atomic mass is 10.1. The second-order valence-corrected chi connectivity index (χ2v) is 6.33. The highest BCUT2D eigenvalue weighted by Crippen LogP contribution is 2.14. The molecule has 6 nitrogen and oxygen atoms in total. The SMILES string of the molecule is COC(=O)CN1CCCN(CC(=O)Nc2ccc(C)c(C)c2)CC1. The number of esters is 1. The normalized spacial score (nSPS) is 16.5. The van der Waals surface area contributed by atoms with Crippen LogP contribution in [0.15, 0.2) is 18.2 Å². The number of aryl methyl sites for hydroxylation is 2. The van der Waals surface area contributed by atoms with Crippen LogP contribution in [0.2, 0.25) is 0 Å². The standard InChI is InChI=1S/C18H27N3O3/c1-14-5-6-16(11-15(14)2)19-17(22)12-20-7-4-8-21(10-9-20)13-18(23)24-3/h5-6,11H,4,7-10,12-13H2,1-3H3,(H,19,22). The second-order valence-electron chi connectivity index (χ2n) is 6.33. The van der Waals surface area contributed by atoms with Gasteiger partial charge in [0.15, 0.2) is 0 Å². The minimum atomic E-state index is -0.212. The quantitative estimate of drug-likeness (QED) is 0.826. The first kappa shape index (κ1) is 18.4. The van der Waals surface area contributed by atoms with Crippen LogP contribution < -0.4 is 5.32 Å². The molecule has 6 heteroatoms. The first-order chi connectivity index (χ1) is 11.5. The van der Waals surface area contributed by atoms with Gasteiger partial charge in [0.25, 0.3) is 0 Å². The van der Waals surface area contributed by atoms with E-state index in [1.165, 1.54) is 18.2 Å². The number of carbonyl (C=O) groups is 2. The number of nitrogens with one attached hydrogen (secondary N) is 1. The number of amides is 1. The summed E-state index contributed by atoms with van der Waals surface area (Å²) in [7, 11) is 1.41. The molecule has 24 heavy (non-hydrogen) atoms. The van der Waals surface area contributed by atoms with Gasteiger partial charge in [0, 0.05) is 25.3 Å². The van der Waals surface area contributed by atoms with E-state index in [9.17, 15) is 9.59 Å². The number of anilines is 1. The van der Waals surface area contributed by atoms with E-state index in [2.05, 4.69) is 22.0 Å². The Kier molecular flexibility index (Phi) is 6.75. The molecule has 0 radical (unpaired) electrons. The molecule has 0 unspecified atom stereocenters. The van der Waals surface area contributed by atoms with Crippen molar-refractivity contribution in [1.82, 2.24) is 9.80 Å². The molecule has 1 aromatic carbocycles. The summed E-state index contributed by atoms with van der Waals surface area (Å²) in [4.78, 5) is 27.8. The fourth-order valence-corrected chi connectivity index (χ4v) is 2.81. The van der Waals surface area contributed by atoms with Gasteiger partial charge >= 0.3 is 5.97 Å². The Labute approximate surface area is 143 Å². The number of ether oxygens (including phenoxy) is 1. The number of rotatable bonds is 5. The van der Waals surface area contributed by atoms with Gasteiger partial charge in [-0.15, -0.1) is 0 Å². The van der Waals surface area contributed by atoms with Gasteiger partial charge in [-0.05, 0) is 50.1 Å². The second kappa shape index (κ2) is 8.80. The van der Waals surface area contributed by atoms with E-state index in [0.29, 0.717) is 13.1 Å². The van der Waals surface area contributed by atoms with Crippen LogP contribution in [0.4, 0.5) is 5.69 Å². The fourth-order valence-electron chi connectivity index (χ4n) is 2.81. The molecular formula is C18H27N3O3. The smallest absolute Gasteiger partial charge is 0.319 e. The van der Waals surface area contributed by atoms with Crippen molar-refractivity contribution in [3.05, 3.63) is 29.3 Å². The van der Waals surface area contributed by atoms with Gasteiger partial charge < -0.3 is 10.1 Å². The third-order valence-corrected chi connectivity index (χ3v) is 4.42. The van der Waals surface area contributed by atoms with E-state index in [1.807, 2.05) is 25.1 Å². The summed E-state index contributed by atoms with van der Waals surface area (Å²) in [5.74, 6) is -0.212. The third-order valence-electron chi connectivity index (χ3n) is 4.42. The maximum absolute atomic E-state index is 12.3. The summed E-state index contributed by atoms with van der Waals surface area (Å²) < 4.78 is 4.71. The summed E-state index contributed by atoms with van der Waals surface area (Å²) in [6.07, 6.45) is 0.938. The van der Waals surface area contributed by atoms with Crippen molar-refractivity contribution in [1.29, 1.82) is 0 Å². The molecule has 1 aliphatic heterocycles. The molecule has 2 rings (SSSR count). The van der Waals surface area contributed by atoms with E-state index in [-0.39, 0.29) is 11.9 Å². The Morgan fingerprint density at radius 3 is 2.33 bits per heavy atom. The van der Waals surface area contributed by atoms with Crippen LogP contribution in [0.25, 0.3) is 0 Å². The van der Waals surface area contributed by atoms with E-state index in [4.69, 9.17) is 4.74 Å². The molecule has 0 bridgehead atoms. The summed E-state index contributed by atoms with van der Waals surface area (Å²) in [5, 5.41) is 2.96. The fraction of sp³-hybridized carbons (Fsp3) is 0.556. The highest BCUT2D eigenvalue weighted by atomic mass is 16.5. The van der Waals surface area contributed by atoms with E-state index in [0.717, 1.165) is 38.3 Å². The lowest BCUT2D eigenvalue weighted by Gasteiger charge is -2.20. The molecular weight excluding hydrogens is 306 g/mol. The number of methoxy groups -OCH3 is 1. The highest BCUT2D eigenvalue weighted by molar-refractivity contribution is 5.92. The Hall–Kier alpha value is -1.92. The molecule has 1 amide bonds. The monoisotopic (exact) mass is 333 g/mol. The van der Waals surface area contributed by atoms with Crippen LogP contribution in [0.3, 0.4) is 0 Å². The van der Waals surface area contributed by atoms with Crippen molar-refractivity contribution in [2.75, 3.05) is 51.7 Å². The van der Waals surface area contributed by atoms with Gasteiger partial charge in [0.1, 0.15) is 0 Å². The van der Waals surface area contributed by atoms with E-state index >= 15 is 0 Å². The van der Waals surface area contributed by atoms with Crippen LogP contribution >= 0.6 is 0 Å². The number of carbonyl (C=O) groups excluding carboxylic acids is 2. The molecule has 1 saturated heterocycles. The lowest BCUT2D eigenvalue weighted by Crippen LogP contribution is -2.37. The van der Waals surface area contributed by atoms with Crippen molar-refractivity contribution in [3.63, 3.8) is 0 Å². The minimum Gasteiger partial charge on any atom is -0.468 e. The van der Waals surface area contributed by atoms with Gasteiger partial charge in [-0.25, -0.2) is 0 Å². The minimum absolute atomic E-state index is 0.000305. The molecule has 132 valence electrons. The molecule has 1 aromatic rings. The molecule has 0 aromatic heterocycles. The van der Waals surface area contributed by atoms with Gasteiger partial charge in [-0.1, -0.05) is 6.07 Å². The number of nitrogens with zero attached hydrogens (tertiary/aromatic N) is 2. The van der Waals surface area contributed by atoms with Crippen LogP contribution in [0.1, 0.15) is 17.5 Å². The Morgan fingerprint density at radius 1 is 1.04 bits per heavy atom. The zero-order valence-electron chi connectivity index (χ0n) is 14.8. The average Bonchev–Trinajstić information content (AvgIpc) is 2.76. The van der Waals surface area contributed by atoms with Crippen molar-refractivity contribution >= 4 is 17.6 Å². The van der Waals surface area contributed by atoms with E-state index in [1.54, 1.807) is 0 Å². The van der Waals surface area contributed by atoms with Crippen molar-refractivity contribution in [2.45, 2.75) is 20.3 Å². The van der Waals surface area contributed by atoms with Crippen molar-refractivity contribution in [3.8, 4) is 0 Å². The molecule has 0 spiro atoms. The van der Waals surface area contributed by atoms with Crippen molar-refractivity contribution < 1.29 is 14.3 Å². The molecule has 0 atom stereocenters. The zero-order chi connectivity index (χ0) is 17.5. The zero-order valence-corrected chi connectivity index (χ0v) is 14.8. The third kappa shape index (κ3) is 5.62. The van der Waals surface area contributed by atoms with Crippen LogP contribution in [-0.4, -0.2) is 68.1 Å². The predicted octanol–water partition coefficient (Wildman–Crippen LogP) is 1.42. The highest BCUT2D eigenvalue weighted by Gasteiger charge is 2.19. The summed E-state index contributed by atoms with van der Waals surface area (Å²) in [5.41, 5.74) is 3.22. The molecule has 0 saturated carbocycles. The predicted molar refractivity (Wildman–Crippen MR) is 94.1 cm³/mol. The molecule has 1 N–H and O–H groups in total. The summed E-state index contributed by atoms with van der Waals surface area (Å²) in [6, 6.07) is 5.94. The topological polar surface area (TPSA) is 61.9 Å². The maximum Gasteiger partial charge on any atom is 0.319 e. The first-order valence-electron chi connectivity index (χ1n) is 8.36. The van der Waals surface area contributed by atoms with Crippen LogP contribution in [-0.2, 0) is 14.3 Å². The Bertz CT molecular complexity index is 589. The molecule has 0 aliphatic carbocycles. The number of hydrogen-bond acceptors (Lipinski definition) is 5.